The Morgan fingerprint density at radius 3 is 2.62 bits per heavy atom. The molecule has 166 valence electrons. The Bertz CT molecular complexity index is 1410. The highest BCUT2D eigenvalue weighted by molar-refractivity contribution is 7.89. The summed E-state index contributed by atoms with van der Waals surface area (Å²) in [6, 6.07) is 14.3. The number of anilines is 1. The van der Waals surface area contributed by atoms with Gasteiger partial charge in [0, 0.05) is 0 Å². The number of carbonyl (C=O) groups is 1. The minimum absolute atomic E-state index is 0.0723. The lowest BCUT2D eigenvalue weighted by atomic mass is 10.3. The van der Waals surface area contributed by atoms with Crippen molar-refractivity contribution in [3.05, 3.63) is 77.1 Å². The van der Waals surface area contributed by atoms with E-state index >= 15 is 0 Å². The van der Waals surface area contributed by atoms with Crippen LogP contribution in [0.25, 0.3) is 11.0 Å². The SMILES string of the molecule is COc1ccccc1NC(=O)CN(Cc1ccco1)S(=O)(=O)c1ccc2[nH]c(=O)[nH]c2c1. The van der Waals surface area contributed by atoms with Crippen LogP contribution in [0.4, 0.5) is 5.69 Å². The molecule has 1 amide bonds. The maximum Gasteiger partial charge on any atom is 0.323 e. The maximum absolute atomic E-state index is 13.4. The molecule has 0 spiro atoms. The summed E-state index contributed by atoms with van der Waals surface area (Å²) in [7, 11) is -2.64. The number of aromatic amines is 2. The molecule has 0 fully saturated rings. The van der Waals surface area contributed by atoms with Crippen LogP contribution < -0.4 is 15.7 Å². The molecule has 10 nitrogen and oxygen atoms in total. The Hall–Kier alpha value is -3.83. The number of H-pyrrole nitrogens is 2. The number of furan rings is 1. The van der Waals surface area contributed by atoms with Gasteiger partial charge < -0.3 is 24.4 Å². The first-order valence-corrected chi connectivity index (χ1v) is 11.0. The highest BCUT2D eigenvalue weighted by Crippen LogP contribution is 2.24. The molecular formula is C21H20N4O6S. The number of nitrogens with zero attached hydrogens (tertiary/aromatic N) is 1. The van der Waals surface area contributed by atoms with Gasteiger partial charge in [0.15, 0.2) is 0 Å². The van der Waals surface area contributed by atoms with E-state index in [1.54, 1.807) is 36.4 Å². The average molecular weight is 456 g/mol. The molecule has 0 saturated carbocycles. The van der Waals surface area contributed by atoms with Crippen molar-refractivity contribution in [1.29, 1.82) is 0 Å². The summed E-state index contributed by atoms with van der Waals surface area (Å²) in [5, 5.41) is 2.67. The number of hydrogen-bond acceptors (Lipinski definition) is 6. The van der Waals surface area contributed by atoms with Crippen LogP contribution in [0.2, 0.25) is 0 Å². The molecule has 0 aliphatic heterocycles. The Morgan fingerprint density at radius 2 is 1.88 bits per heavy atom. The standard InChI is InChI=1S/C21H20N4O6S/c1-30-19-7-3-2-6-17(19)22-20(26)13-25(12-14-5-4-10-31-14)32(28,29)15-8-9-16-18(11-15)24-21(27)23-16/h2-11H,12-13H2,1H3,(H,22,26)(H2,23,24,27). The number of fused-ring (bicyclic) bond motifs is 1. The van der Waals surface area contributed by atoms with Crippen molar-refractivity contribution in [1.82, 2.24) is 14.3 Å². The predicted molar refractivity (Wildman–Crippen MR) is 117 cm³/mol. The molecule has 2 heterocycles. The predicted octanol–water partition coefficient (Wildman–Crippen LogP) is 2.29. The lowest BCUT2D eigenvalue weighted by molar-refractivity contribution is -0.116. The summed E-state index contributed by atoms with van der Waals surface area (Å²) in [5.74, 6) is 0.263. The summed E-state index contributed by atoms with van der Waals surface area (Å²) in [5.41, 5.74) is 0.785. The van der Waals surface area contributed by atoms with Crippen molar-refractivity contribution in [3.8, 4) is 5.75 Å². The highest BCUT2D eigenvalue weighted by Gasteiger charge is 2.28. The highest BCUT2D eigenvalue weighted by atomic mass is 32.2. The van der Waals surface area contributed by atoms with Crippen molar-refractivity contribution in [2.75, 3.05) is 19.0 Å². The molecule has 4 aromatic rings. The van der Waals surface area contributed by atoms with E-state index < -0.39 is 28.2 Å². The summed E-state index contributed by atoms with van der Waals surface area (Å²) >= 11 is 0. The second kappa shape index (κ2) is 8.73. The van der Waals surface area contributed by atoms with E-state index in [-0.39, 0.29) is 11.4 Å². The van der Waals surface area contributed by atoms with Crippen LogP contribution in [-0.4, -0.2) is 42.3 Å². The molecule has 11 heteroatoms. The lowest BCUT2D eigenvalue weighted by Crippen LogP contribution is -2.37. The van der Waals surface area contributed by atoms with Gasteiger partial charge in [0.2, 0.25) is 15.9 Å². The molecule has 0 saturated heterocycles. The van der Waals surface area contributed by atoms with Crippen LogP contribution in [0.15, 0.2) is 75.0 Å². The number of carbonyl (C=O) groups excluding carboxylic acids is 1. The minimum atomic E-state index is -4.12. The summed E-state index contributed by atoms with van der Waals surface area (Å²) < 4.78 is 38.3. The maximum atomic E-state index is 13.4. The van der Waals surface area contributed by atoms with Gasteiger partial charge in [-0.25, -0.2) is 13.2 Å². The van der Waals surface area contributed by atoms with Gasteiger partial charge in [-0.05, 0) is 42.5 Å². The average Bonchev–Trinajstić information content (AvgIpc) is 3.41. The zero-order valence-corrected chi connectivity index (χ0v) is 17.8. The Kier molecular flexibility index (Phi) is 5.84. The first-order valence-electron chi connectivity index (χ1n) is 9.54. The first kappa shape index (κ1) is 21.4. The molecule has 2 aromatic heterocycles. The van der Waals surface area contributed by atoms with Crippen LogP contribution in [-0.2, 0) is 21.4 Å². The quantitative estimate of drug-likeness (QED) is 0.372. The molecule has 0 bridgehead atoms. The van der Waals surface area contributed by atoms with Gasteiger partial charge in [-0.3, -0.25) is 4.79 Å². The number of hydrogen-bond donors (Lipinski definition) is 3. The fourth-order valence-electron chi connectivity index (χ4n) is 3.22. The number of rotatable bonds is 8. The number of sulfonamides is 1. The third kappa shape index (κ3) is 4.43. The van der Waals surface area contributed by atoms with Crippen molar-refractivity contribution < 1.29 is 22.4 Å². The second-order valence-corrected chi connectivity index (χ2v) is 8.83. The number of ether oxygens (including phenoxy) is 1. The summed E-state index contributed by atoms with van der Waals surface area (Å²) in [6.45, 7) is -0.626. The fourth-order valence-corrected chi connectivity index (χ4v) is 4.61. The van der Waals surface area contributed by atoms with Crippen LogP contribution in [0, 0.1) is 0 Å². The van der Waals surface area contributed by atoms with Crippen molar-refractivity contribution >= 4 is 32.7 Å². The molecular weight excluding hydrogens is 436 g/mol. The zero-order chi connectivity index (χ0) is 22.7. The lowest BCUT2D eigenvalue weighted by Gasteiger charge is -2.21. The van der Waals surface area contributed by atoms with Gasteiger partial charge in [-0.15, -0.1) is 0 Å². The Balaban J connectivity index is 1.64. The number of amides is 1. The molecule has 0 aliphatic rings. The van der Waals surface area contributed by atoms with Gasteiger partial charge in [-0.1, -0.05) is 12.1 Å². The third-order valence-corrected chi connectivity index (χ3v) is 6.53. The Morgan fingerprint density at radius 1 is 1.09 bits per heavy atom. The number of methoxy groups -OCH3 is 1. The van der Waals surface area contributed by atoms with Gasteiger partial charge in [0.1, 0.15) is 11.5 Å². The smallest absolute Gasteiger partial charge is 0.323 e. The van der Waals surface area contributed by atoms with Crippen LogP contribution in [0.1, 0.15) is 5.76 Å². The normalized spacial score (nSPS) is 11.7. The van der Waals surface area contributed by atoms with Crippen LogP contribution >= 0.6 is 0 Å². The number of imidazole rings is 1. The van der Waals surface area contributed by atoms with Crippen molar-refractivity contribution in [2.45, 2.75) is 11.4 Å². The van der Waals surface area contributed by atoms with E-state index in [4.69, 9.17) is 9.15 Å². The second-order valence-electron chi connectivity index (χ2n) is 6.89. The van der Waals surface area contributed by atoms with E-state index in [2.05, 4.69) is 15.3 Å². The molecule has 32 heavy (non-hydrogen) atoms. The van der Waals surface area contributed by atoms with E-state index in [9.17, 15) is 18.0 Å². The Labute approximate surface area is 182 Å². The number of aromatic nitrogens is 2. The van der Waals surface area contributed by atoms with Crippen molar-refractivity contribution in [2.24, 2.45) is 0 Å². The summed E-state index contributed by atoms with van der Waals surface area (Å²) in [6.07, 6.45) is 1.42. The van der Waals surface area contributed by atoms with Crippen LogP contribution in [0.3, 0.4) is 0 Å². The molecule has 0 radical (unpaired) electrons. The number of benzene rings is 2. The van der Waals surface area contributed by atoms with Gasteiger partial charge >= 0.3 is 5.69 Å². The fraction of sp³-hybridized carbons (Fsp3) is 0.143. The molecule has 0 atom stereocenters. The number of para-hydroxylation sites is 2. The van der Waals surface area contributed by atoms with Gasteiger partial charge in [0.25, 0.3) is 0 Å². The molecule has 4 rings (SSSR count). The van der Waals surface area contributed by atoms with E-state index in [1.165, 1.54) is 31.6 Å². The van der Waals surface area contributed by atoms with E-state index in [0.717, 1.165) is 4.31 Å². The van der Waals surface area contributed by atoms with Crippen molar-refractivity contribution in [3.63, 3.8) is 0 Å². The topological polar surface area (TPSA) is 137 Å². The molecule has 3 N–H and O–H groups in total. The zero-order valence-electron chi connectivity index (χ0n) is 17.0. The van der Waals surface area contributed by atoms with Crippen LogP contribution in [0.5, 0.6) is 5.75 Å². The van der Waals surface area contributed by atoms with Gasteiger partial charge in [0.05, 0.1) is 48.1 Å². The third-order valence-electron chi connectivity index (χ3n) is 4.74. The number of nitrogens with one attached hydrogen (secondary N) is 3. The first-order chi connectivity index (χ1) is 15.4. The minimum Gasteiger partial charge on any atom is -0.495 e. The van der Waals surface area contributed by atoms with E-state index in [1.807, 2.05) is 0 Å². The molecule has 0 aliphatic carbocycles. The summed E-state index contributed by atoms with van der Waals surface area (Å²) in [4.78, 5) is 29.3. The van der Waals surface area contributed by atoms with E-state index in [0.29, 0.717) is 28.2 Å². The van der Waals surface area contributed by atoms with Gasteiger partial charge in [-0.2, -0.15) is 4.31 Å². The largest absolute Gasteiger partial charge is 0.495 e. The molecule has 2 aromatic carbocycles. The molecule has 0 unspecified atom stereocenters. The monoisotopic (exact) mass is 456 g/mol.